The number of anilines is 1. The zero-order valence-corrected chi connectivity index (χ0v) is 13.3. The molecule has 1 aliphatic heterocycles. The number of aromatic nitrogens is 2. The molecule has 0 spiro atoms. The maximum Gasteiger partial charge on any atom is 0.259 e. The second-order valence-corrected chi connectivity index (χ2v) is 6.77. The zero-order chi connectivity index (χ0) is 15.4. The van der Waals surface area contributed by atoms with E-state index in [9.17, 15) is 4.79 Å². The van der Waals surface area contributed by atoms with Crippen molar-refractivity contribution in [3.63, 3.8) is 0 Å². The predicted octanol–water partition coefficient (Wildman–Crippen LogP) is 1.26. The van der Waals surface area contributed by atoms with E-state index in [1.165, 1.54) is 6.33 Å². The van der Waals surface area contributed by atoms with Crippen molar-refractivity contribution in [2.24, 2.45) is 5.73 Å². The maximum absolute atomic E-state index is 12.5. The van der Waals surface area contributed by atoms with Gasteiger partial charge in [0.1, 0.15) is 12.1 Å². The Morgan fingerprint density at radius 1 is 1.41 bits per heavy atom. The second-order valence-electron chi connectivity index (χ2n) is 5.63. The minimum atomic E-state index is -0.0221. The van der Waals surface area contributed by atoms with Crippen molar-refractivity contribution in [1.29, 1.82) is 0 Å². The zero-order valence-electron chi connectivity index (χ0n) is 12.4. The van der Waals surface area contributed by atoms with E-state index in [4.69, 9.17) is 5.73 Å². The standard InChI is InChI=1S/C15H21N5OS/c16-11-3-1-2-4-12(11)19-15(21)13-9-20(7-8-22-13)14-5-6-17-10-18-14/h5-6,9-12H,1-4,7-8,16H2,(H,19,21)/t11-,12-/m1/s1. The molecule has 1 amide bonds. The lowest BCUT2D eigenvalue weighted by Gasteiger charge is -2.30. The molecule has 7 heteroatoms. The van der Waals surface area contributed by atoms with Crippen LogP contribution in [-0.2, 0) is 4.79 Å². The molecule has 2 heterocycles. The van der Waals surface area contributed by atoms with E-state index in [2.05, 4.69) is 15.3 Å². The number of rotatable bonds is 3. The summed E-state index contributed by atoms with van der Waals surface area (Å²) >= 11 is 1.58. The lowest BCUT2D eigenvalue weighted by atomic mass is 9.91. The van der Waals surface area contributed by atoms with Crippen LogP contribution in [0.3, 0.4) is 0 Å². The summed E-state index contributed by atoms with van der Waals surface area (Å²) in [4.78, 5) is 23.3. The van der Waals surface area contributed by atoms with Crippen LogP contribution in [-0.4, -0.2) is 40.3 Å². The van der Waals surface area contributed by atoms with Crippen LogP contribution in [0.4, 0.5) is 5.82 Å². The highest BCUT2D eigenvalue weighted by atomic mass is 32.2. The van der Waals surface area contributed by atoms with Crippen molar-refractivity contribution >= 4 is 23.5 Å². The van der Waals surface area contributed by atoms with Gasteiger partial charge in [-0.15, -0.1) is 11.8 Å². The van der Waals surface area contributed by atoms with Crippen LogP contribution in [0.15, 0.2) is 29.7 Å². The van der Waals surface area contributed by atoms with Crippen LogP contribution in [0.5, 0.6) is 0 Å². The number of nitrogens with two attached hydrogens (primary N) is 1. The van der Waals surface area contributed by atoms with E-state index in [-0.39, 0.29) is 18.0 Å². The fraction of sp³-hybridized carbons (Fsp3) is 0.533. The number of nitrogens with zero attached hydrogens (tertiary/aromatic N) is 3. The van der Waals surface area contributed by atoms with Gasteiger partial charge in [-0.1, -0.05) is 12.8 Å². The molecule has 1 fully saturated rings. The number of amides is 1. The predicted molar refractivity (Wildman–Crippen MR) is 88.3 cm³/mol. The van der Waals surface area contributed by atoms with Gasteiger partial charge in [-0.3, -0.25) is 4.79 Å². The molecule has 0 radical (unpaired) electrons. The summed E-state index contributed by atoms with van der Waals surface area (Å²) in [7, 11) is 0. The SMILES string of the molecule is N[C@@H]1CCCC[C@H]1NC(=O)C1=CN(c2ccncn2)CCS1. The van der Waals surface area contributed by atoms with Gasteiger partial charge in [-0.2, -0.15) is 0 Å². The van der Waals surface area contributed by atoms with Gasteiger partial charge in [0.2, 0.25) is 0 Å². The fourth-order valence-corrected chi connectivity index (χ4v) is 3.73. The van der Waals surface area contributed by atoms with Gasteiger partial charge < -0.3 is 16.0 Å². The topological polar surface area (TPSA) is 84.1 Å². The highest BCUT2D eigenvalue weighted by molar-refractivity contribution is 8.04. The molecule has 1 aromatic rings. The lowest BCUT2D eigenvalue weighted by Crippen LogP contribution is -2.49. The summed E-state index contributed by atoms with van der Waals surface area (Å²) in [5, 5.41) is 3.10. The van der Waals surface area contributed by atoms with Gasteiger partial charge >= 0.3 is 0 Å². The van der Waals surface area contributed by atoms with Crippen LogP contribution < -0.4 is 16.0 Å². The average molecular weight is 319 g/mol. The van der Waals surface area contributed by atoms with Gasteiger partial charge in [-0.05, 0) is 18.9 Å². The molecule has 1 aromatic heterocycles. The molecule has 2 atom stereocenters. The molecule has 0 unspecified atom stereocenters. The van der Waals surface area contributed by atoms with Gasteiger partial charge in [-0.25, -0.2) is 9.97 Å². The molecule has 0 bridgehead atoms. The molecule has 118 valence electrons. The first-order chi connectivity index (χ1) is 10.7. The summed E-state index contributed by atoms with van der Waals surface area (Å²) in [6, 6.07) is 2.01. The van der Waals surface area contributed by atoms with Crippen molar-refractivity contribution < 1.29 is 4.79 Å². The highest BCUT2D eigenvalue weighted by Gasteiger charge is 2.26. The van der Waals surface area contributed by atoms with Crippen molar-refractivity contribution in [2.75, 3.05) is 17.2 Å². The van der Waals surface area contributed by atoms with Crippen LogP contribution in [0.2, 0.25) is 0 Å². The first kappa shape index (κ1) is 15.3. The van der Waals surface area contributed by atoms with Crippen LogP contribution in [0, 0.1) is 0 Å². The van der Waals surface area contributed by atoms with E-state index < -0.39 is 0 Å². The van der Waals surface area contributed by atoms with Crippen LogP contribution in [0.1, 0.15) is 25.7 Å². The number of thioether (sulfide) groups is 1. The number of carbonyl (C=O) groups is 1. The Labute approximate surface area is 134 Å². The van der Waals surface area contributed by atoms with Gasteiger partial charge in [0.25, 0.3) is 5.91 Å². The molecule has 0 saturated heterocycles. The average Bonchev–Trinajstić information content (AvgIpc) is 2.58. The third kappa shape index (κ3) is 3.59. The van der Waals surface area contributed by atoms with Gasteiger partial charge in [0.05, 0.1) is 4.91 Å². The molecule has 3 N–H and O–H groups in total. The molecular weight excluding hydrogens is 298 g/mol. The largest absolute Gasteiger partial charge is 0.347 e. The fourth-order valence-electron chi connectivity index (χ4n) is 2.83. The Morgan fingerprint density at radius 3 is 3.05 bits per heavy atom. The molecule has 6 nitrogen and oxygen atoms in total. The number of hydrogen-bond acceptors (Lipinski definition) is 6. The molecule has 1 saturated carbocycles. The first-order valence-electron chi connectivity index (χ1n) is 7.68. The smallest absolute Gasteiger partial charge is 0.259 e. The minimum Gasteiger partial charge on any atom is -0.347 e. The Morgan fingerprint density at radius 2 is 2.27 bits per heavy atom. The number of carbonyl (C=O) groups excluding carboxylic acids is 1. The van der Waals surface area contributed by atoms with Crippen molar-refractivity contribution in [1.82, 2.24) is 15.3 Å². The maximum atomic E-state index is 12.5. The Bertz CT molecular complexity index is 550. The monoisotopic (exact) mass is 319 g/mol. The minimum absolute atomic E-state index is 0.0221. The molecule has 1 aliphatic carbocycles. The van der Waals surface area contributed by atoms with Crippen molar-refractivity contribution in [3.8, 4) is 0 Å². The molecule has 22 heavy (non-hydrogen) atoms. The first-order valence-corrected chi connectivity index (χ1v) is 8.66. The second kappa shape index (κ2) is 7.11. The lowest BCUT2D eigenvalue weighted by molar-refractivity contribution is -0.117. The Balaban J connectivity index is 1.67. The quantitative estimate of drug-likeness (QED) is 0.872. The molecule has 0 aromatic carbocycles. The molecular formula is C15H21N5OS. The van der Waals surface area contributed by atoms with Gasteiger partial charge in [0, 0.05) is 36.8 Å². The third-order valence-corrected chi connectivity index (χ3v) is 5.07. The van der Waals surface area contributed by atoms with Crippen molar-refractivity contribution in [2.45, 2.75) is 37.8 Å². The number of nitrogens with one attached hydrogen (secondary N) is 1. The van der Waals surface area contributed by atoms with E-state index >= 15 is 0 Å². The Hall–Kier alpha value is -1.60. The van der Waals surface area contributed by atoms with E-state index in [0.29, 0.717) is 0 Å². The third-order valence-electron chi connectivity index (χ3n) is 4.08. The van der Waals surface area contributed by atoms with Crippen molar-refractivity contribution in [3.05, 3.63) is 29.7 Å². The van der Waals surface area contributed by atoms with Crippen LogP contribution in [0.25, 0.3) is 0 Å². The normalized spacial score (nSPS) is 25.5. The summed E-state index contributed by atoms with van der Waals surface area (Å²) in [6.07, 6.45) is 9.36. The Kier molecular flexibility index (Phi) is 4.94. The number of hydrogen-bond donors (Lipinski definition) is 2. The summed E-state index contributed by atoms with van der Waals surface area (Å²) < 4.78 is 0. The summed E-state index contributed by atoms with van der Waals surface area (Å²) in [6.45, 7) is 0.835. The van der Waals surface area contributed by atoms with E-state index in [1.54, 1.807) is 18.0 Å². The summed E-state index contributed by atoms with van der Waals surface area (Å²) in [5.41, 5.74) is 6.11. The van der Waals surface area contributed by atoms with Gasteiger partial charge in [0.15, 0.2) is 0 Å². The summed E-state index contributed by atoms with van der Waals surface area (Å²) in [5.74, 6) is 1.65. The van der Waals surface area contributed by atoms with Crippen LogP contribution >= 0.6 is 11.8 Å². The van der Waals surface area contributed by atoms with E-state index in [1.807, 2.05) is 17.2 Å². The molecule has 2 aliphatic rings. The molecule has 3 rings (SSSR count). The highest BCUT2D eigenvalue weighted by Crippen LogP contribution is 2.25. The van der Waals surface area contributed by atoms with E-state index in [0.717, 1.165) is 48.7 Å².